The highest BCUT2D eigenvalue weighted by Gasteiger charge is 2.28. The van der Waals surface area contributed by atoms with Gasteiger partial charge in [0.15, 0.2) is 0 Å². The molecule has 2 fully saturated rings. The Kier molecular flexibility index (Phi) is 5.61. The second-order valence-electron chi connectivity index (χ2n) is 7.58. The lowest BCUT2D eigenvalue weighted by Gasteiger charge is -2.38. The number of carbonyl (C=O) groups excluding carboxylic acids is 1. The molecule has 0 saturated carbocycles. The molecule has 2 aromatic heterocycles. The Morgan fingerprint density at radius 2 is 2.15 bits per heavy atom. The summed E-state index contributed by atoms with van der Waals surface area (Å²) in [5.74, 6) is 0.580. The van der Waals surface area contributed by atoms with Gasteiger partial charge in [0, 0.05) is 32.2 Å². The summed E-state index contributed by atoms with van der Waals surface area (Å²) in [5.41, 5.74) is 7.83. The predicted molar refractivity (Wildman–Crippen MR) is 109 cm³/mol. The topological polar surface area (TPSA) is 80.5 Å². The Morgan fingerprint density at radius 3 is 2.93 bits per heavy atom. The van der Waals surface area contributed by atoms with Gasteiger partial charge in [0.1, 0.15) is 9.71 Å². The van der Waals surface area contributed by atoms with E-state index in [1.807, 2.05) is 6.07 Å². The van der Waals surface area contributed by atoms with Crippen molar-refractivity contribution >= 4 is 33.1 Å². The fourth-order valence-corrected chi connectivity index (χ4v) is 5.33. The number of carbonyl (C=O) groups is 1. The number of hydrogen-bond donors (Lipinski definition) is 2. The molecule has 2 saturated heterocycles. The van der Waals surface area contributed by atoms with Gasteiger partial charge in [0.25, 0.3) is 5.91 Å². The molecule has 3 N–H and O–H groups in total. The van der Waals surface area contributed by atoms with Gasteiger partial charge in [-0.25, -0.2) is 4.98 Å². The molecule has 7 heteroatoms. The number of nitrogens with two attached hydrogens (primary N) is 1. The molecule has 0 unspecified atom stereocenters. The van der Waals surface area contributed by atoms with Crippen LogP contribution in [0.15, 0.2) is 12.1 Å². The first-order valence-corrected chi connectivity index (χ1v) is 10.7. The summed E-state index contributed by atoms with van der Waals surface area (Å²) >= 11 is 1.39. The van der Waals surface area contributed by atoms with Crippen LogP contribution in [0.4, 0.5) is 5.69 Å². The second-order valence-corrected chi connectivity index (χ2v) is 8.57. The van der Waals surface area contributed by atoms with E-state index in [1.165, 1.54) is 24.2 Å². The van der Waals surface area contributed by atoms with Crippen LogP contribution in [0.25, 0.3) is 10.2 Å². The largest absolute Gasteiger partial charge is 0.397 e. The number of rotatable bonds is 4. The van der Waals surface area contributed by atoms with E-state index in [4.69, 9.17) is 15.5 Å². The minimum absolute atomic E-state index is 0.143. The molecule has 4 heterocycles. The van der Waals surface area contributed by atoms with Crippen LogP contribution in [-0.2, 0) is 4.74 Å². The molecule has 4 rings (SSSR count). The molecule has 0 aromatic carbocycles. The van der Waals surface area contributed by atoms with Gasteiger partial charge in [-0.3, -0.25) is 9.69 Å². The summed E-state index contributed by atoms with van der Waals surface area (Å²) in [5, 5.41) is 3.54. The lowest BCUT2D eigenvalue weighted by molar-refractivity contribution is 0.0377. The van der Waals surface area contributed by atoms with Gasteiger partial charge in [-0.2, -0.15) is 0 Å². The summed E-state index contributed by atoms with van der Waals surface area (Å²) in [6, 6.07) is 4.50. The van der Waals surface area contributed by atoms with Gasteiger partial charge >= 0.3 is 0 Å². The molecule has 6 nitrogen and oxygen atoms in total. The third-order valence-corrected chi connectivity index (χ3v) is 6.95. The lowest BCUT2D eigenvalue weighted by atomic mass is 9.94. The maximum absolute atomic E-state index is 12.0. The summed E-state index contributed by atoms with van der Waals surface area (Å²) in [6.45, 7) is 4.05. The maximum atomic E-state index is 12.0. The number of pyridine rings is 1. The first-order valence-electron chi connectivity index (χ1n) is 9.90. The van der Waals surface area contributed by atoms with E-state index in [0.29, 0.717) is 16.6 Å². The Labute approximate surface area is 164 Å². The van der Waals surface area contributed by atoms with Crippen molar-refractivity contribution in [3.05, 3.63) is 22.7 Å². The molecule has 1 atom stereocenters. The van der Waals surface area contributed by atoms with Crippen molar-refractivity contribution in [1.29, 1.82) is 0 Å². The van der Waals surface area contributed by atoms with E-state index in [2.05, 4.69) is 16.3 Å². The highest BCUT2D eigenvalue weighted by atomic mass is 32.1. The number of anilines is 1. The van der Waals surface area contributed by atoms with Crippen LogP contribution in [0.2, 0.25) is 0 Å². The number of amides is 1. The van der Waals surface area contributed by atoms with Crippen LogP contribution in [-0.4, -0.2) is 49.1 Å². The molecule has 2 aromatic rings. The van der Waals surface area contributed by atoms with E-state index < -0.39 is 0 Å². The van der Waals surface area contributed by atoms with Crippen LogP contribution in [0, 0.1) is 5.92 Å². The number of nitrogens with one attached hydrogen (secondary N) is 1. The van der Waals surface area contributed by atoms with Crippen molar-refractivity contribution in [2.45, 2.75) is 38.1 Å². The summed E-state index contributed by atoms with van der Waals surface area (Å²) in [6.07, 6.45) is 5.96. The average molecular weight is 389 g/mol. The fourth-order valence-electron chi connectivity index (χ4n) is 4.28. The number of piperidine rings is 1. The number of likely N-dealkylation sites (tertiary alicyclic amines) is 1. The van der Waals surface area contributed by atoms with Crippen molar-refractivity contribution in [3.8, 4) is 0 Å². The number of fused-ring (bicyclic) bond motifs is 1. The Morgan fingerprint density at radius 1 is 1.33 bits per heavy atom. The molecule has 1 amide bonds. The fraction of sp³-hybridized carbons (Fsp3) is 0.600. The molecule has 0 bridgehead atoms. The van der Waals surface area contributed by atoms with E-state index in [9.17, 15) is 4.79 Å². The summed E-state index contributed by atoms with van der Waals surface area (Å²) in [4.78, 5) is 21.0. The van der Waals surface area contributed by atoms with Crippen LogP contribution in [0.5, 0.6) is 0 Å². The zero-order valence-corrected chi connectivity index (χ0v) is 16.7. The number of nitrogens with zero attached hydrogens (tertiary/aromatic N) is 2. The number of nitrogen functional groups attached to an aromatic ring is 1. The standard InChI is InChI=1S/C20H28N4O2S/c1-22-19(25)18-17(21)14-5-6-15(23-20(14)27-18)16-4-2-3-9-24(16)12-13-7-10-26-11-8-13/h5-6,13,16H,2-4,7-12,21H2,1H3,(H,22,25)/t16-/m1/s1. The monoisotopic (exact) mass is 388 g/mol. The Balaban J connectivity index is 1.59. The van der Waals surface area contributed by atoms with Gasteiger partial charge in [-0.05, 0) is 50.3 Å². The van der Waals surface area contributed by atoms with Gasteiger partial charge in [-0.1, -0.05) is 6.42 Å². The number of thiophene rings is 1. The number of ether oxygens (including phenoxy) is 1. The number of hydrogen-bond acceptors (Lipinski definition) is 6. The predicted octanol–water partition coefficient (Wildman–Crippen LogP) is 3.19. The minimum atomic E-state index is -0.143. The Bertz CT molecular complexity index is 816. The molecular formula is C20H28N4O2S. The molecule has 2 aliphatic heterocycles. The van der Waals surface area contributed by atoms with E-state index in [1.54, 1.807) is 7.05 Å². The van der Waals surface area contributed by atoms with Crippen LogP contribution in [0.1, 0.15) is 53.5 Å². The van der Waals surface area contributed by atoms with Crippen LogP contribution in [0.3, 0.4) is 0 Å². The van der Waals surface area contributed by atoms with Gasteiger partial charge in [0.05, 0.1) is 17.4 Å². The van der Waals surface area contributed by atoms with Crippen molar-refractivity contribution in [2.24, 2.45) is 5.92 Å². The molecular weight excluding hydrogens is 360 g/mol. The Hall–Kier alpha value is -1.70. The lowest BCUT2D eigenvalue weighted by Crippen LogP contribution is -2.38. The highest BCUT2D eigenvalue weighted by molar-refractivity contribution is 7.21. The molecule has 146 valence electrons. The SMILES string of the molecule is CNC(=O)c1sc2nc([C@H]3CCCCN3CC3CCOCC3)ccc2c1N. The third-order valence-electron chi connectivity index (χ3n) is 5.84. The molecule has 0 aliphatic carbocycles. The smallest absolute Gasteiger partial charge is 0.263 e. The first-order chi connectivity index (χ1) is 13.2. The third kappa shape index (κ3) is 3.81. The van der Waals surface area contributed by atoms with Crippen LogP contribution >= 0.6 is 11.3 Å². The van der Waals surface area contributed by atoms with Gasteiger partial charge in [-0.15, -0.1) is 11.3 Å². The highest BCUT2D eigenvalue weighted by Crippen LogP contribution is 2.36. The van der Waals surface area contributed by atoms with Crippen molar-refractivity contribution in [3.63, 3.8) is 0 Å². The van der Waals surface area contributed by atoms with Gasteiger partial charge in [0.2, 0.25) is 0 Å². The maximum Gasteiger partial charge on any atom is 0.263 e. The van der Waals surface area contributed by atoms with Crippen LogP contribution < -0.4 is 11.1 Å². The first kappa shape index (κ1) is 18.7. The van der Waals surface area contributed by atoms with Crippen molar-refractivity contribution < 1.29 is 9.53 Å². The summed E-state index contributed by atoms with van der Waals surface area (Å²) < 4.78 is 5.52. The number of aromatic nitrogens is 1. The van der Waals surface area contributed by atoms with E-state index >= 15 is 0 Å². The van der Waals surface area contributed by atoms with E-state index in [-0.39, 0.29) is 5.91 Å². The average Bonchev–Trinajstić information content (AvgIpc) is 3.04. The van der Waals surface area contributed by atoms with E-state index in [0.717, 1.165) is 67.4 Å². The van der Waals surface area contributed by atoms with Crippen molar-refractivity contribution in [2.75, 3.05) is 39.1 Å². The summed E-state index contributed by atoms with van der Waals surface area (Å²) in [7, 11) is 1.63. The normalized spacial score (nSPS) is 22.2. The second kappa shape index (κ2) is 8.12. The van der Waals surface area contributed by atoms with Crippen molar-refractivity contribution in [1.82, 2.24) is 15.2 Å². The molecule has 2 aliphatic rings. The zero-order valence-electron chi connectivity index (χ0n) is 15.9. The zero-order chi connectivity index (χ0) is 18.8. The quantitative estimate of drug-likeness (QED) is 0.841. The molecule has 0 radical (unpaired) electrons. The minimum Gasteiger partial charge on any atom is -0.397 e. The molecule has 27 heavy (non-hydrogen) atoms. The molecule has 0 spiro atoms. The van der Waals surface area contributed by atoms with Gasteiger partial charge < -0.3 is 15.8 Å².